The monoisotopic (exact) mass is 261 g/mol. The number of ether oxygens (including phenoxy) is 1. The Kier molecular flexibility index (Phi) is 4.32. The Labute approximate surface area is 99.2 Å². The Morgan fingerprint density at radius 1 is 1.71 bits per heavy atom. The van der Waals surface area contributed by atoms with Crippen LogP contribution in [-0.4, -0.2) is 37.0 Å². The fourth-order valence-corrected chi connectivity index (χ4v) is 2.31. The molecule has 0 aromatic carbocycles. The number of carbonyl (C=O) groups excluding carboxylic acids is 1. The number of hydrogen-bond donors (Lipinski definition) is 0. The molecule has 17 heavy (non-hydrogen) atoms. The van der Waals surface area contributed by atoms with E-state index < -0.39 is 33.3 Å². The lowest BCUT2D eigenvalue weighted by Gasteiger charge is -2.02. The summed E-state index contributed by atoms with van der Waals surface area (Å²) in [5, 5.41) is 10.5. The molecule has 0 bridgehead atoms. The molecule has 1 aromatic rings. The summed E-state index contributed by atoms with van der Waals surface area (Å²) >= 11 is 0. The van der Waals surface area contributed by atoms with Crippen molar-refractivity contribution in [2.24, 2.45) is 7.05 Å². The molecular formula is C8H11N3O5S. The average Bonchev–Trinajstić information content (AvgIpc) is 2.60. The van der Waals surface area contributed by atoms with Crippen LogP contribution in [-0.2, 0) is 27.4 Å². The first kappa shape index (κ1) is 13.3. The zero-order valence-corrected chi connectivity index (χ0v) is 10.1. The van der Waals surface area contributed by atoms with E-state index in [0.717, 1.165) is 0 Å². The van der Waals surface area contributed by atoms with Crippen molar-refractivity contribution < 1.29 is 18.7 Å². The summed E-state index contributed by atoms with van der Waals surface area (Å²) < 4.78 is 17.7. The summed E-state index contributed by atoms with van der Waals surface area (Å²) in [5.74, 6) is -1.59. The Morgan fingerprint density at radius 2 is 2.35 bits per heavy atom. The van der Waals surface area contributed by atoms with Gasteiger partial charge in [0.25, 0.3) is 0 Å². The Balaban J connectivity index is 2.92. The molecule has 9 heteroatoms. The summed E-state index contributed by atoms with van der Waals surface area (Å²) in [4.78, 5) is 24.5. The van der Waals surface area contributed by atoms with E-state index in [4.69, 9.17) is 0 Å². The molecule has 0 aliphatic carbocycles. The highest BCUT2D eigenvalue weighted by molar-refractivity contribution is 7.85. The van der Waals surface area contributed by atoms with Crippen LogP contribution in [0.3, 0.4) is 0 Å². The minimum Gasteiger partial charge on any atom is -0.465 e. The van der Waals surface area contributed by atoms with E-state index in [2.05, 4.69) is 9.72 Å². The number of carbonyl (C=O) groups is 1. The summed E-state index contributed by atoms with van der Waals surface area (Å²) in [7, 11) is -0.373. The van der Waals surface area contributed by atoms with Crippen molar-refractivity contribution in [2.45, 2.75) is 11.9 Å². The van der Waals surface area contributed by atoms with Crippen LogP contribution in [0.4, 0.5) is 5.82 Å². The van der Waals surface area contributed by atoms with Gasteiger partial charge in [-0.3, -0.25) is 9.00 Å². The van der Waals surface area contributed by atoms with Crippen LogP contribution in [0.25, 0.3) is 0 Å². The summed E-state index contributed by atoms with van der Waals surface area (Å²) in [6.07, 6.45) is 1.18. The quantitative estimate of drug-likeness (QED) is 0.419. The molecule has 0 saturated heterocycles. The summed E-state index contributed by atoms with van der Waals surface area (Å²) in [5.41, 5.74) is 0. The lowest BCUT2D eigenvalue weighted by atomic mass is 10.7. The van der Waals surface area contributed by atoms with Gasteiger partial charge in [-0.1, -0.05) is 0 Å². The van der Waals surface area contributed by atoms with E-state index in [-0.39, 0.29) is 11.6 Å². The van der Waals surface area contributed by atoms with Gasteiger partial charge in [-0.2, -0.15) is 0 Å². The van der Waals surface area contributed by atoms with Gasteiger partial charge in [0.1, 0.15) is 5.75 Å². The van der Waals surface area contributed by atoms with Gasteiger partial charge in [0.2, 0.25) is 11.4 Å². The molecule has 0 aliphatic heterocycles. The molecule has 0 spiro atoms. The third kappa shape index (κ3) is 3.09. The number of aryl methyl sites for hydroxylation is 1. The van der Waals surface area contributed by atoms with Crippen LogP contribution in [0.2, 0.25) is 0 Å². The minimum atomic E-state index is -1.84. The molecule has 94 valence electrons. The summed E-state index contributed by atoms with van der Waals surface area (Å²) in [6.45, 7) is 1.79. The topological polar surface area (TPSA) is 104 Å². The van der Waals surface area contributed by atoms with Crippen LogP contribution in [0.15, 0.2) is 11.4 Å². The number of rotatable bonds is 5. The predicted molar refractivity (Wildman–Crippen MR) is 57.8 cm³/mol. The van der Waals surface area contributed by atoms with Gasteiger partial charge in [-0.15, -0.1) is 0 Å². The second kappa shape index (κ2) is 5.53. The van der Waals surface area contributed by atoms with E-state index in [1.807, 2.05) is 0 Å². The third-order valence-corrected chi connectivity index (χ3v) is 3.21. The average molecular weight is 261 g/mol. The van der Waals surface area contributed by atoms with Crippen molar-refractivity contribution in [1.29, 1.82) is 0 Å². The molecule has 1 rings (SSSR count). The van der Waals surface area contributed by atoms with E-state index in [1.54, 1.807) is 6.92 Å². The maximum atomic E-state index is 11.8. The minimum absolute atomic E-state index is 0.0944. The molecule has 0 radical (unpaired) electrons. The Hall–Kier alpha value is -1.77. The number of nitro groups is 1. The van der Waals surface area contributed by atoms with Crippen LogP contribution in [0, 0.1) is 10.1 Å². The third-order valence-electron chi connectivity index (χ3n) is 1.81. The van der Waals surface area contributed by atoms with Crippen molar-refractivity contribution in [2.75, 3.05) is 12.4 Å². The number of imidazole rings is 1. The van der Waals surface area contributed by atoms with E-state index in [1.165, 1.54) is 17.9 Å². The zero-order valence-electron chi connectivity index (χ0n) is 9.28. The zero-order chi connectivity index (χ0) is 13.0. The molecule has 8 nitrogen and oxygen atoms in total. The SMILES string of the molecule is CCOC(=O)C[S@@](=O)c1c([N+](=O)[O-])ncn1C. The number of hydrogen-bond acceptors (Lipinski definition) is 6. The molecule has 0 saturated carbocycles. The van der Waals surface area contributed by atoms with Gasteiger partial charge in [-0.25, -0.2) is 0 Å². The normalized spacial score (nSPS) is 12.1. The first-order valence-electron chi connectivity index (χ1n) is 4.67. The lowest BCUT2D eigenvalue weighted by Crippen LogP contribution is -2.16. The molecule has 0 N–H and O–H groups in total. The van der Waals surface area contributed by atoms with Crippen LogP contribution in [0.5, 0.6) is 0 Å². The maximum Gasteiger partial charge on any atom is 0.398 e. The highest BCUT2D eigenvalue weighted by atomic mass is 32.2. The lowest BCUT2D eigenvalue weighted by molar-refractivity contribution is -0.392. The fraction of sp³-hybridized carbons (Fsp3) is 0.500. The van der Waals surface area contributed by atoms with Crippen molar-refractivity contribution in [3.05, 3.63) is 16.4 Å². The second-order valence-corrected chi connectivity index (χ2v) is 4.40. The first-order valence-corrected chi connectivity index (χ1v) is 5.99. The van der Waals surface area contributed by atoms with Gasteiger partial charge in [0, 0.05) is 7.05 Å². The Morgan fingerprint density at radius 3 is 2.88 bits per heavy atom. The molecule has 0 unspecified atom stereocenters. The van der Waals surface area contributed by atoms with Crippen LogP contribution >= 0.6 is 0 Å². The Bertz CT molecular complexity index is 470. The van der Waals surface area contributed by atoms with E-state index in [0.29, 0.717) is 0 Å². The van der Waals surface area contributed by atoms with Gasteiger partial charge in [0.05, 0.1) is 17.4 Å². The molecular weight excluding hydrogens is 250 g/mol. The molecule has 0 aliphatic rings. The predicted octanol–water partition coefficient (Wildman–Crippen LogP) is -0.00100. The molecule has 0 fully saturated rings. The smallest absolute Gasteiger partial charge is 0.398 e. The summed E-state index contributed by atoms with van der Waals surface area (Å²) in [6, 6.07) is 0. The van der Waals surface area contributed by atoms with Crippen LogP contribution < -0.4 is 0 Å². The highest BCUT2D eigenvalue weighted by Crippen LogP contribution is 2.19. The molecule has 1 atom stereocenters. The van der Waals surface area contributed by atoms with Crippen LogP contribution in [0.1, 0.15) is 6.92 Å². The second-order valence-electron chi connectivity index (χ2n) is 3.04. The largest absolute Gasteiger partial charge is 0.465 e. The number of aromatic nitrogens is 2. The van der Waals surface area contributed by atoms with Crippen molar-refractivity contribution in [3.8, 4) is 0 Å². The van der Waals surface area contributed by atoms with Gasteiger partial charge >= 0.3 is 11.8 Å². The fourth-order valence-electron chi connectivity index (χ4n) is 1.17. The van der Waals surface area contributed by atoms with Crippen molar-refractivity contribution in [1.82, 2.24) is 9.55 Å². The van der Waals surface area contributed by atoms with Crippen molar-refractivity contribution >= 4 is 22.6 Å². The molecule has 1 heterocycles. The molecule has 0 amide bonds. The van der Waals surface area contributed by atoms with Gasteiger partial charge in [0.15, 0.2) is 0 Å². The van der Waals surface area contributed by atoms with Crippen molar-refractivity contribution in [3.63, 3.8) is 0 Å². The van der Waals surface area contributed by atoms with E-state index in [9.17, 15) is 19.1 Å². The highest BCUT2D eigenvalue weighted by Gasteiger charge is 2.26. The maximum absolute atomic E-state index is 11.8. The van der Waals surface area contributed by atoms with Gasteiger partial charge < -0.3 is 19.4 Å². The first-order chi connectivity index (χ1) is 7.97. The standard InChI is InChI=1S/C8H11N3O5S/c1-3-16-6(12)4-17(15)8-7(11(13)14)9-5-10(8)2/h5H,3-4H2,1-2H3/t17-/m1/s1. The van der Waals surface area contributed by atoms with E-state index >= 15 is 0 Å². The van der Waals surface area contributed by atoms with Gasteiger partial charge in [-0.05, 0) is 16.8 Å². The number of nitrogens with zero attached hydrogens (tertiary/aromatic N) is 3. The molecule has 1 aromatic heterocycles. The number of esters is 1.